The highest BCUT2D eigenvalue weighted by molar-refractivity contribution is 6.02. The number of allylic oxidation sites excluding steroid dienone is 2. The molecule has 0 spiro atoms. The first-order valence-corrected chi connectivity index (χ1v) is 11.9. The molecule has 2 saturated heterocycles. The molecule has 4 aliphatic rings. The molecule has 4 aliphatic heterocycles. The summed E-state index contributed by atoms with van der Waals surface area (Å²) in [5, 5.41) is 0. The van der Waals surface area contributed by atoms with Gasteiger partial charge in [0.2, 0.25) is 0 Å². The van der Waals surface area contributed by atoms with Crippen LogP contribution in [0.4, 0.5) is 0 Å². The summed E-state index contributed by atoms with van der Waals surface area (Å²) in [5.74, 6) is 2.64. The molecule has 5 heteroatoms. The lowest BCUT2D eigenvalue weighted by atomic mass is 9.95. The summed E-state index contributed by atoms with van der Waals surface area (Å²) in [6.45, 7) is 12.5. The molecule has 5 rings (SSSR count). The van der Waals surface area contributed by atoms with Crippen LogP contribution in [0.2, 0.25) is 0 Å². The molecule has 1 aromatic rings. The van der Waals surface area contributed by atoms with Gasteiger partial charge in [-0.05, 0) is 81.5 Å². The van der Waals surface area contributed by atoms with Gasteiger partial charge in [-0.25, -0.2) is 4.99 Å². The smallest absolute Gasteiger partial charge is 0.137 e. The van der Waals surface area contributed by atoms with E-state index in [-0.39, 0.29) is 0 Å². The first kappa shape index (κ1) is 21.1. The Morgan fingerprint density at radius 2 is 1.88 bits per heavy atom. The van der Waals surface area contributed by atoms with Crippen LogP contribution >= 0.6 is 0 Å². The Bertz CT molecular complexity index is 1000. The summed E-state index contributed by atoms with van der Waals surface area (Å²) in [4.78, 5) is 12.2. The van der Waals surface area contributed by atoms with Gasteiger partial charge in [0.05, 0.1) is 18.5 Å². The van der Waals surface area contributed by atoms with Crippen molar-refractivity contribution in [2.75, 3.05) is 39.8 Å². The molecule has 168 valence electrons. The predicted octanol–water partition coefficient (Wildman–Crippen LogP) is 4.79. The van der Waals surface area contributed by atoms with Gasteiger partial charge in [0.1, 0.15) is 11.6 Å². The Morgan fingerprint density at radius 3 is 2.62 bits per heavy atom. The van der Waals surface area contributed by atoms with E-state index in [0.29, 0.717) is 0 Å². The van der Waals surface area contributed by atoms with Gasteiger partial charge < -0.3 is 19.4 Å². The zero-order valence-electron chi connectivity index (χ0n) is 19.4. The van der Waals surface area contributed by atoms with E-state index in [4.69, 9.17) is 9.73 Å². The van der Waals surface area contributed by atoms with Crippen molar-refractivity contribution in [3.05, 3.63) is 71.7 Å². The normalized spacial score (nSPS) is 21.9. The first-order valence-electron chi connectivity index (χ1n) is 11.9. The molecular weight excluding hydrogens is 396 g/mol. The number of amidine groups is 1. The monoisotopic (exact) mass is 430 g/mol. The number of methoxy groups -OCH3 is 1. The lowest BCUT2D eigenvalue weighted by molar-refractivity contribution is 0.182. The van der Waals surface area contributed by atoms with Crippen LogP contribution in [-0.2, 0) is 0 Å². The number of likely N-dealkylation sites (tertiary alicyclic amines) is 2. The van der Waals surface area contributed by atoms with Crippen molar-refractivity contribution in [3.63, 3.8) is 0 Å². The third kappa shape index (κ3) is 4.26. The maximum absolute atomic E-state index is 5.50. The van der Waals surface area contributed by atoms with Crippen LogP contribution in [0.15, 0.2) is 65.6 Å². The number of rotatable bonds is 5. The maximum Gasteiger partial charge on any atom is 0.137 e. The molecule has 0 atom stereocenters. The molecule has 0 N–H and O–H groups in total. The summed E-state index contributed by atoms with van der Waals surface area (Å²) in [6.07, 6.45) is 13.9. The largest absolute Gasteiger partial charge is 0.496 e. The van der Waals surface area contributed by atoms with Gasteiger partial charge in [-0.3, -0.25) is 0 Å². The van der Waals surface area contributed by atoms with Crippen molar-refractivity contribution in [2.45, 2.75) is 32.6 Å². The molecule has 0 aromatic heterocycles. The van der Waals surface area contributed by atoms with E-state index in [9.17, 15) is 0 Å². The Morgan fingerprint density at radius 1 is 1.09 bits per heavy atom. The number of benzene rings is 1. The van der Waals surface area contributed by atoms with E-state index in [0.717, 1.165) is 53.1 Å². The van der Waals surface area contributed by atoms with Crippen molar-refractivity contribution in [3.8, 4) is 5.75 Å². The molecule has 32 heavy (non-hydrogen) atoms. The lowest BCUT2D eigenvalue weighted by Gasteiger charge is -2.38. The zero-order chi connectivity index (χ0) is 22.1. The van der Waals surface area contributed by atoms with E-state index in [1.165, 1.54) is 51.0 Å². The maximum atomic E-state index is 5.50. The molecule has 5 nitrogen and oxygen atoms in total. The van der Waals surface area contributed by atoms with Crippen LogP contribution < -0.4 is 4.74 Å². The minimum absolute atomic E-state index is 0.844. The molecule has 0 saturated carbocycles. The van der Waals surface area contributed by atoms with Gasteiger partial charge >= 0.3 is 0 Å². The van der Waals surface area contributed by atoms with Crippen LogP contribution in [0, 0.1) is 12.8 Å². The molecule has 2 fully saturated rings. The fraction of sp³-hybridized carbons (Fsp3) is 0.444. The van der Waals surface area contributed by atoms with Crippen LogP contribution in [0.1, 0.15) is 36.8 Å². The number of nitrogens with zero attached hydrogens (tertiary/aromatic N) is 4. The molecule has 1 aromatic carbocycles. The van der Waals surface area contributed by atoms with Gasteiger partial charge in [-0.2, -0.15) is 0 Å². The topological polar surface area (TPSA) is 31.3 Å². The highest BCUT2D eigenvalue weighted by atomic mass is 16.5. The Hall–Kier alpha value is -2.79. The highest BCUT2D eigenvalue weighted by Crippen LogP contribution is 2.32. The molecular formula is C27H34N4O. The van der Waals surface area contributed by atoms with E-state index in [1.807, 2.05) is 6.07 Å². The van der Waals surface area contributed by atoms with E-state index < -0.39 is 0 Å². The number of aryl methyl sites for hydroxylation is 1. The average Bonchev–Trinajstić information content (AvgIpc) is 3.33. The molecule has 4 heterocycles. The molecule has 0 bridgehead atoms. The third-order valence-corrected chi connectivity index (χ3v) is 7.16. The van der Waals surface area contributed by atoms with E-state index >= 15 is 0 Å². The average molecular weight is 431 g/mol. The molecule has 0 aliphatic carbocycles. The van der Waals surface area contributed by atoms with Gasteiger partial charge in [-0.1, -0.05) is 18.7 Å². The number of fused-ring (bicyclic) bond motifs is 1. The summed E-state index contributed by atoms with van der Waals surface area (Å²) in [5.41, 5.74) is 5.29. The fourth-order valence-electron chi connectivity index (χ4n) is 5.20. The molecule has 0 amide bonds. The fourth-order valence-corrected chi connectivity index (χ4v) is 5.20. The Labute approximate surface area is 192 Å². The summed E-state index contributed by atoms with van der Waals surface area (Å²) in [7, 11) is 1.71. The summed E-state index contributed by atoms with van der Waals surface area (Å²) in [6, 6.07) is 6.22. The third-order valence-electron chi connectivity index (χ3n) is 7.16. The number of hydrogen-bond acceptors (Lipinski definition) is 5. The second-order valence-electron chi connectivity index (χ2n) is 9.37. The van der Waals surface area contributed by atoms with Crippen LogP contribution in [0.25, 0.3) is 5.70 Å². The van der Waals surface area contributed by atoms with Crippen LogP contribution in [0.3, 0.4) is 0 Å². The number of aliphatic imine (C=N–C) groups is 1. The second kappa shape index (κ2) is 8.99. The Kier molecular flexibility index (Phi) is 5.92. The predicted molar refractivity (Wildman–Crippen MR) is 131 cm³/mol. The van der Waals surface area contributed by atoms with Gasteiger partial charge in [-0.15, -0.1) is 0 Å². The van der Waals surface area contributed by atoms with Crippen molar-refractivity contribution in [1.82, 2.24) is 14.7 Å². The number of hydrogen-bond donors (Lipinski definition) is 0. The van der Waals surface area contributed by atoms with Gasteiger partial charge in [0, 0.05) is 37.1 Å². The van der Waals surface area contributed by atoms with Crippen molar-refractivity contribution in [1.29, 1.82) is 0 Å². The van der Waals surface area contributed by atoms with Crippen molar-refractivity contribution >= 4 is 11.5 Å². The SMILES string of the molecule is C=C1C=C(c2ccc(C)c(OC)c2)N=C2C=CC(N3CCC(CN4CCCC4)CC3)=CN12. The van der Waals surface area contributed by atoms with Crippen molar-refractivity contribution in [2.24, 2.45) is 10.9 Å². The Balaban J connectivity index is 1.25. The summed E-state index contributed by atoms with van der Waals surface area (Å²) >= 11 is 0. The van der Waals surface area contributed by atoms with Gasteiger partial charge in [0.15, 0.2) is 0 Å². The minimum atomic E-state index is 0.844. The number of piperidine rings is 1. The summed E-state index contributed by atoms with van der Waals surface area (Å²) < 4.78 is 5.50. The van der Waals surface area contributed by atoms with Crippen LogP contribution in [0.5, 0.6) is 5.75 Å². The first-order chi connectivity index (χ1) is 15.6. The van der Waals surface area contributed by atoms with Crippen molar-refractivity contribution < 1.29 is 4.74 Å². The van der Waals surface area contributed by atoms with E-state index in [1.54, 1.807) is 7.11 Å². The second-order valence-corrected chi connectivity index (χ2v) is 9.37. The standard InChI is InChI=1S/C27H34N4O/c1-20-6-7-23(17-26(20)32-3)25-16-21(2)31-19-24(8-9-27(31)28-25)30-14-10-22(11-15-30)18-29-12-4-5-13-29/h6-9,16-17,19,22H,2,4-5,10-15,18H2,1,3H3. The lowest BCUT2D eigenvalue weighted by Crippen LogP contribution is -2.39. The molecule has 0 radical (unpaired) electrons. The zero-order valence-corrected chi connectivity index (χ0v) is 19.4. The van der Waals surface area contributed by atoms with Gasteiger partial charge in [0.25, 0.3) is 0 Å². The van der Waals surface area contributed by atoms with E-state index in [2.05, 4.69) is 64.8 Å². The minimum Gasteiger partial charge on any atom is -0.496 e. The highest BCUT2D eigenvalue weighted by Gasteiger charge is 2.26. The quantitative estimate of drug-likeness (QED) is 0.672. The molecule has 0 unspecified atom stereocenters. The van der Waals surface area contributed by atoms with Crippen LogP contribution in [-0.4, -0.2) is 60.4 Å². The number of ether oxygens (including phenoxy) is 1.